The van der Waals surface area contributed by atoms with E-state index in [4.69, 9.17) is 4.42 Å². The van der Waals surface area contributed by atoms with Crippen LogP contribution in [0.15, 0.2) is 89.3 Å². The van der Waals surface area contributed by atoms with Crippen molar-refractivity contribution < 1.29 is 4.42 Å². The number of aromatic amines is 1. The molecular formula is C26H15NO. The summed E-state index contributed by atoms with van der Waals surface area (Å²) in [5.74, 6) is 0. The lowest BCUT2D eigenvalue weighted by Gasteiger charge is -1.99. The molecule has 0 radical (unpaired) electrons. The zero-order valence-corrected chi connectivity index (χ0v) is 15.0. The van der Waals surface area contributed by atoms with Crippen molar-refractivity contribution in [3.8, 4) is 0 Å². The van der Waals surface area contributed by atoms with Gasteiger partial charge in [-0.2, -0.15) is 0 Å². The molecule has 1 N–H and O–H groups in total. The van der Waals surface area contributed by atoms with Crippen LogP contribution in [-0.2, 0) is 0 Å². The molecule has 0 saturated heterocycles. The van der Waals surface area contributed by atoms with Crippen LogP contribution in [0.1, 0.15) is 0 Å². The lowest BCUT2D eigenvalue weighted by atomic mass is 10.0. The van der Waals surface area contributed by atoms with E-state index in [2.05, 4.69) is 89.9 Å². The molecule has 0 fully saturated rings. The highest BCUT2D eigenvalue weighted by molar-refractivity contribution is 6.22. The first-order valence-electron chi connectivity index (χ1n) is 9.54. The highest BCUT2D eigenvalue weighted by Crippen LogP contribution is 2.38. The van der Waals surface area contributed by atoms with Crippen molar-refractivity contribution in [2.75, 3.05) is 0 Å². The third kappa shape index (κ3) is 1.72. The molecule has 7 rings (SSSR count). The van der Waals surface area contributed by atoms with Gasteiger partial charge in [0.05, 0.1) is 11.0 Å². The molecule has 0 spiro atoms. The molecule has 0 amide bonds. The molecule has 0 saturated carbocycles. The normalized spacial score (nSPS) is 12.3. The first-order chi connectivity index (χ1) is 13.9. The van der Waals surface area contributed by atoms with E-state index in [1.165, 1.54) is 43.2 Å². The van der Waals surface area contributed by atoms with Crippen LogP contribution in [-0.4, -0.2) is 4.98 Å². The molecule has 2 nitrogen and oxygen atoms in total. The number of hydrogen-bond acceptors (Lipinski definition) is 1. The summed E-state index contributed by atoms with van der Waals surface area (Å²) in [5.41, 5.74) is 4.20. The van der Waals surface area contributed by atoms with Crippen LogP contribution in [0.4, 0.5) is 0 Å². The summed E-state index contributed by atoms with van der Waals surface area (Å²) in [5, 5.41) is 9.71. The molecule has 0 aliphatic carbocycles. The summed E-state index contributed by atoms with van der Waals surface area (Å²) < 4.78 is 6.34. The molecule has 2 aromatic heterocycles. The zero-order valence-electron chi connectivity index (χ0n) is 15.0. The molecule has 2 heterocycles. The van der Waals surface area contributed by atoms with Crippen molar-refractivity contribution in [2.45, 2.75) is 0 Å². The fourth-order valence-corrected chi connectivity index (χ4v) is 4.64. The van der Waals surface area contributed by atoms with E-state index < -0.39 is 0 Å². The molecule has 5 aromatic carbocycles. The molecule has 2 heteroatoms. The van der Waals surface area contributed by atoms with Crippen molar-refractivity contribution in [2.24, 2.45) is 0 Å². The van der Waals surface area contributed by atoms with Gasteiger partial charge >= 0.3 is 0 Å². The van der Waals surface area contributed by atoms with Crippen LogP contribution in [0.25, 0.3) is 65.3 Å². The Morgan fingerprint density at radius 3 is 2.11 bits per heavy atom. The van der Waals surface area contributed by atoms with Gasteiger partial charge in [-0.15, -0.1) is 0 Å². The third-order valence-electron chi connectivity index (χ3n) is 5.98. The van der Waals surface area contributed by atoms with Gasteiger partial charge in [-0.05, 0) is 22.9 Å². The number of fused-ring (bicyclic) bond motifs is 10. The van der Waals surface area contributed by atoms with Gasteiger partial charge in [-0.3, -0.25) is 0 Å². The minimum absolute atomic E-state index is 0.926. The van der Waals surface area contributed by atoms with Crippen molar-refractivity contribution in [3.63, 3.8) is 0 Å². The van der Waals surface area contributed by atoms with E-state index in [9.17, 15) is 0 Å². The molecule has 0 unspecified atom stereocenters. The predicted molar refractivity (Wildman–Crippen MR) is 118 cm³/mol. The van der Waals surface area contributed by atoms with E-state index in [1.807, 2.05) is 0 Å². The molecule has 0 atom stereocenters. The van der Waals surface area contributed by atoms with Crippen molar-refractivity contribution >= 4 is 65.3 Å². The van der Waals surface area contributed by atoms with Gasteiger partial charge in [0.15, 0.2) is 0 Å². The minimum atomic E-state index is 0.926. The van der Waals surface area contributed by atoms with E-state index >= 15 is 0 Å². The second-order valence-corrected chi connectivity index (χ2v) is 7.49. The summed E-state index contributed by atoms with van der Waals surface area (Å²) in [4.78, 5) is 3.63. The maximum atomic E-state index is 6.34. The Balaban J connectivity index is 1.66. The van der Waals surface area contributed by atoms with Crippen LogP contribution in [0, 0.1) is 0 Å². The summed E-state index contributed by atoms with van der Waals surface area (Å²) >= 11 is 0. The summed E-state index contributed by atoms with van der Waals surface area (Å²) in [6.45, 7) is 0. The van der Waals surface area contributed by atoms with Crippen molar-refractivity contribution in [3.05, 3.63) is 84.9 Å². The van der Waals surface area contributed by atoms with E-state index in [0.717, 1.165) is 22.1 Å². The lowest BCUT2D eigenvalue weighted by molar-refractivity contribution is 0.673. The number of hydrogen-bond donors (Lipinski definition) is 1. The summed E-state index contributed by atoms with van der Waals surface area (Å²) in [6.07, 6.45) is 0. The zero-order chi connectivity index (χ0) is 18.2. The lowest BCUT2D eigenvalue weighted by Crippen LogP contribution is -1.74. The fourth-order valence-electron chi connectivity index (χ4n) is 4.64. The fraction of sp³-hybridized carbons (Fsp3) is 0. The topological polar surface area (TPSA) is 28.9 Å². The molecule has 7 aromatic rings. The monoisotopic (exact) mass is 357 g/mol. The SMILES string of the molecule is c1ccc2c(c1)ccc1c3cc4c(cc3[nH]c21)oc1c2ccccc2ccc41. The van der Waals surface area contributed by atoms with Crippen LogP contribution in [0.5, 0.6) is 0 Å². The van der Waals surface area contributed by atoms with Crippen LogP contribution < -0.4 is 0 Å². The van der Waals surface area contributed by atoms with Gasteiger partial charge in [0.1, 0.15) is 11.2 Å². The largest absolute Gasteiger partial charge is 0.455 e. The first kappa shape index (κ1) is 14.3. The average molecular weight is 357 g/mol. The molecule has 130 valence electrons. The Morgan fingerprint density at radius 1 is 0.536 bits per heavy atom. The highest BCUT2D eigenvalue weighted by atomic mass is 16.3. The number of rotatable bonds is 0. The van der Waals surface area contributed by atoms with E-state index in [-0.39, 0.29) is 0 Å². The third-order valence-corrected chi connectivity index (χ3v) is 5.98. The molecule has 0 aliphatic heterocycles. The average Bonchev–Trinajstić information content (AvgIpc) is 3.30. The number of H-pyrrole nitrogens is 1. The van der Waals surface area contributed by atoms with Crippen LogP contribution in [0.3, 0.4) is 0 Å². The number of aromatic nitrogens is 1. The first-order valence-corrected chi connectivity index (χ1v) is 9.54. The highest BCUT2D eigenvalue weighted by Gasteiger charge is 2.14. The Kier molecular flexibility index (Phi) is 2.52. The van der Waals surface area contributed by atoms with Gasteiger partial charge in [-0.25, -0.2) is 0 Å². The maximum absolute atomic E-state index is 6.34. The second-order valence-electron chi connectivity index (χ2n) is 7.49. The number of furan rings is 1. The van der Waals surface area contributed by atoms with Crippen LogP contribution in [0.2, 0.25) is 0 Å². The number of benzene rings is 5. The maximum Gasteiger partial charge on any atom is 0.143 e. The molecule has 0 aliphatic rings. The summed E-state index contributed by atoms with van der Waals surface area (Å²) in [6, 6.07) is 30.1. The van der Waals surface area contributed by atoms with Gasteiger partial charge in [-0.1, -0.05) is 66.7 Å². The quantitative estimate of drug-likeness (QED) is 0.299. The van der Waals surface area contributed by atoms with Crippen molar-refractivity contribution in [1.82, 2.24) is 4.98 Å². The standard InChI is InChI=1S/C26H15NO/c1-3-7-17-15(5-1)9-11-19-21-13-22-20-12-10-16-6-2-4-8-18(16)26(20)28-24(22)14-23(21)27-25(17)19/h1-14,27H. The molecule has 28 heavy (non-hydrogen) atoms. The van der Waals surface area contributed by atoms with Gasteiger partial charge in [0, 0.05) is 38.4 Å². The van der Waals surface area contributed by atoms with Gasteiger partial charge < -0.3 is 9.40 Å². The van der Waals surface area contributed by atoms with Gasteiger partial charge in [0.25, 0.3) is 0 Å². The Morgan fingerprint density at radius 2 is 1.25 bits per heavy atom. The minimum Gasteiger partial charge on any atom is -0.455 e. The molecule has 0 bridgehead atoms. The van der Waals surface area contributed by atoms with E-state index in [1.54, 1.807) is 0 Å². The predicted octanol–water partition coefficient (Wildman–Crippen LogP) is 7.53. The Labute approximate surface area is 160 Å². The smallest absolute Gasteiger partial charge is 0.143 e. The summed E-state index contributed by atoms with van der Waals surface area (Å²) in [7, 11) is 0. The van der Waals surface area contributed by atoms with Crippen LogP contribution >= 0.6 is 0 Å². The second kappa shape index (κ2) is 4.93. The van der Waals surface area contributed by atoms with Gasteiger partial charge in [0.2, 0.25) is 0 Å². The Hall–Kier alpha value is -3.78. The molecular weight excluding hydrogens is 342 g/mol. The van der Waals surface area contributed by atoms with E-state index in [0.29, 0.717) is 0 Å². The van der Waals surface area contributed by atoms with Crippen molar-refractivity contribution in [1.29, 1.82) is 0 Å². The Bertz CT molecular complexity index is 1590. The number of nitrogens with one attached hydrogen (secondary N) is 1.